The third-order valence-corrected chi connectivity index (χ3v) is 4.63. The number of carboxylic acid groups (broad SMARTS) is 1. The fourth-order valence-corrected chi connectivity index (χ4v) is 3.37. The zero-order valence-corrected chi connectivity index (χ0v) is 18.0. The summed E-state index contributed by atoms with van der Waals surface area (Å²) in [5.74, 6) is -1.90. The van der Waals surface area contributed by atoms with Gasteiger partial charge in [-0.25, -0.2) is 0 Å². The van der Waals surface area contributed by atoms with Crippen molar-refractivity contribution in [1.29, 1.82) is 0 Å². The van der Waals surface area contributed by atoms with E-state index in [4.69, 9.17) is 25.1 Å². The fourth-order valence-electron chi connectivity index (χ4n) is 3.37. The van der Waals surface area contributed by atoms with Crippen LogP contribution in [0.4, 0.5) is 13.2 Å². The molecule has 2 aromatic rings. The Morgan fingerprint density at radius 3 is 2.55 bits per heavy atom. The molecule has 1 aromatic heterocycles. The summed E-state index contributed by atoms with van der Waals surface area (Å²) in [6, 6.07) is 4.65. The number of benzene rings is 1. The summed E-state index contributed by atoms with van der Waals surface area (Å²) in [5, 5.41) is 7.41. The quantitative estimate of drug-likeness (QED) is 0.641. The lowest BCUT2D eigenvalue weighted by Crippen LogP contribution is -2.49. The second-order valence-corrected chi connectivity index (χ2v) is 7.44. The van der Waals surface area contributed by atoms with E-state index in [9.17, 15) is 22.8 Å². The molecule has 1 saturated heterocycles. The maximum Gasteiger partial charge on any atom is 0.471 e. The zero-order valence-electron chi connectivity index (χ0n) is 18.0. The zero-order chi connectivity index (χ0) is 24.8. The summed E-state index contributed by atoms with van der Waals surface area (Å²) in [7, 11) is 0. The van der Waals surface area contributed by atoms with Gasteiger partial charge in [-0.05, 0) is 44.9 Å². The van der Waals surface area contributed by atoms with Gasteiger partial charge in [-0.3, -0.25) is 19.4 Å². The Labute approximate surface area is 187 Å². The van der Waals surface area contributed by atoms with Gasteiger partial charge in [-0.15, -0.1) is 0 Å². The highest BCUT2D eigenvalue weighted by Crippen LogP contribution is 2.33. The number of amides is 2. The Bertz CT molecular complexity index is 1010. The van der Waals surface area contributed by atoms with Gasteiger partial charge < -0.3 is 25.2 Å². The first-order chi connectivity index (χ1) is 15.5. The Hall–Kier alpha value is -3.57. The molecule has 3 N–H and O–H groups in total. The molecule has 0 saturated carbocycles. The van der Waals surface area contributed by atoms with Crippen LogP contribution < -0.4 is 15.2 Å². The van der Waals surface area contributed by atoms with E-state index in [1.807, 2.05) is 0 Å². The molecule has 1 atom stereocenters. The standard InChI is InChI=1S/C20H22F3N3O4.CH2O2/c1-11(2)29-17-9-13-15(8-14(17)18(24)27)25-6-5-16(13)30-12-4-3-7-26(10-12)19(28)20(21,22)23;2-1-3/h5-6,8-9,11-12H,3-4,7,10H2,1-2H3,(H2,24,27);1H,(H,2,3)/t12-;/m1./s1. The molecule has 2 heterocycles. The van der Waals surface area contributed by atoms with Gasteiger partial charge in [0.2, 0.25) is 0 Å². The molecular weight excluding hydrogens is 447 g/mol. The molecule has 12 heteroatoms. The summed E-state index contributed by atoms with van der Waals surface area (Å²) in [6.45, 7) is 3.20. The van der Waals surface area contributed by atoms with Gasteiger partial charge in [0.15, 0.2) is 0 Å². The Morgan fingerprint density at radius 2 is 1.97 bits per heavy atom. The summed E-state index contributed by atoms with van der Waals surface area (Å²) in [4.78, 5) is 36.7. The van der Waals surface area contributed by atoms with Crippen molar-refractivity contribution in [3.8, 4) is 11.5 Å². The molecule has 1 aromatic carbocycles. The lowest BCUT2D eigenvalue weighted by atomic mass is 10.1. The van der Waals surface area contributed by atoms with E-state index in [-0.39, 0.29) is 37.0 Å². The number of fused-ring (bicyclic) bond motifs is 1. The van der Waals surface area contributed by atoms with Crippen LogP contribution in [-0.2, 0) is 9.59 Å². The first kappa shape index (κ1) is 25.7. The lowest BCUT2D eigenvalue weighted by molar-refractivity contribution is -0.187. The minimum absolute atomic E-state index is 0.0314. The molecule has 0 aliphatic carbocycles. The van der Waals surface area contributed by atoms with Gasteiger partial charge in [0.05, 0.1) is 23.7 Å². The number of hydrogen-bond acceptors (Lipinski definition) is 6. The average molecular weight is 471 g/mol. The van der Waals surface area contributed by atoms with E-state index in [0.717, 1.165) is 4.90 Å². The third kappa shape index (κ3) is 6.70. The van der Waals surface area contributed by atoms with E-state index in [1.165, 1.54) is 12.3 Å². The number of primary amides is 1. The van der Waals surface area contributed by atoms with Crippen molar-refractivity contribution >= 4 is 29.2 Å². The van der Waals surface area contributed by atoms with Gasteiger partial charge >= 0.3 is 12.1 Å². The maximum absolute atomic E-state index is 12.8. The molecule has 33 heavy (non-hydrogen) atoms. The van der Waals surface area contributed by atoms with E-state index in [2.05, 4.69) is 4.98 Å². The molecule has 0 unspecified atom stereocenters. The predicted molar refractivity (Wildman–Crippen MR) is 111 cm³/mol. The average Bonchev–Trinajstić information content (AvgIpc) is 2.73. The number of nitrogens with zero attached hydrogens (tertiary/aromatic N) is 2. The number of carbonyl (C=O) groups excluding carboxylic acids is 2. The molecule has 1 aliphatic heterocycles. The van der Waals surface area contributed by atoms with E-state index in [1.54, 1.807) is 26.0 Å². The highest BCUT2D eigenvalue weighted by atomic mass is 19.4. The van der Waals surface area contributed by atoms with Crippen molar-refractivity contribution in [3.63, 3.8) is 0 Å². The monoisotopic (exact) mass is 471 g/mol. The maximum atomic E-state index is 12.8. The molecule has 9 nitrogen and oxygen atoms in total. The van der Waals surface area contributed by atoms with Crippen LogP contribution in [-0.4, -0.2) is 64.8 Å². The van der Waals surface area contributed by atoms with Crippen LogP contribution >= 0.6 is 0 Å². The summed E-state index contributed by atoms with van der Waals surface area (Å²) in [5.41, 5.74) is 6.03. The van der Waals surface area contributed by atoms with Crippen LogP contribution in [0.3, 0.4) is 0 Å². The van der Waals surface area contributed by atoms with Gasteiger partial charge in [-0.1, -0.05) is 0 Å². The first-order valence-electron chi connectivity index (χ1n) is 9.97. The minimum atomic E-state index is -4.92. The third-order valence-electron chi connectivity index (χ3n) is 4.63. The largest absolute Gasteiger partial charge is 0.490 e. The number of ether oxygens (including phenoxy) is 2. The molecule has 180 valence electrons. The van der Waals surface area contributed by atoms with Crippen molar-refractivity contribution in [2.24, 2.45) is 5.73 Å². The van der Waals surface area contributed by atoms with Crippen LogP contribution in [0.5, 0.6) is 11.5 Å². The van der Waals surface area contributed by atoms with Crippen LogP contribution in [0.25, 0.3) is 10.9 Å². The number of rotatable bonds is 5. The number of likely N-dealkylation sites (tertiary alicyclic amines) is 1. The Balaban J connectivity index is 0.00000122. The number of aromatic nitrogens is 1. The van der Waals surface area contributed by atoms with Gasteiger partial charge in [-0.2, -0.15) is 13.2 Å². The topological polar surface area (TPSA) is 132 Å². The SMILES string of the molecule is CC(C)Oc1cc2c(O[C@@H]3CCCN(C(=O)C(F)(F)F)C3)ccnc2cc1C(N)=O.O=CO. The fraction of sp³-hybridized carbons (Fsp3) is 0.429. The smallest absolute Gasteiger partial charge is 0.471 e. The summed E-state index contributed by atoms with van der Waals surface area (Å²) >= 11 is 0. The summed E-state index contributed by atoms with van der Waals surface area (Å²) in [6.07, 6.45) is -3.39. The second-order valence-electron chi connectivity index (χ2n) is 7.44. The molecule has 0 radical (unpaired) electrons. The normalized spacial score (nSPS) is 16.1. The van der Waals surface area contributed by atoms with E-state index >= 15 is 0 Å². The Kier molecular flexibility index (Phi) is 8.44. The number of carbonyl (C=O) groups is 3. The number of nitrogens with two attached hydrogens (primary N) is 1. The number of alkyl halides is 3. The van der Waals surface area contributed by atoms with Crippen LogP contribution in [0, 0.1) is 0 Å². The first-order valence-corrected chi connectivity index (χ1v) is 9.97. The Morgan fingerprint density at radius 1 is 1.30 bits per heavy atom. The number of pyridine rings is 1. The van der Waals surface area contributed by atoms with Crippen LogP contribution in [0.2, 0.25) is 0 Å². The molecule has 1 fully saturated rings. The van der Waals surface area contributed by atoms with Crippen molar-refractivity contribution in [1.82, 2.24) is 9.88 Å². The highest BCUT2D eigenvalue weighted by Gasteiger charge is 2.43. The van der Waals surface area contributed by atoms with Crippen molar-refractivity contribution in [2.45, 2.75) is 45.1 Å². The molecular formula is C21H24F3N3O6. The molecule has 0 bridgehead atoms. The van der Waals surface area contributed by atoms with Crippen molar-refractivity contribution in [2.75, 3.05) is 13.1 Å². The lowest BCUT2D eigenvalue weighted by Gasteiger charge is -2.33. The van der Waals surface area contributed by atoms with E-state index in [0.29, 0.717) is 29.5 Å². The van der Waals surface area contributed by atoms with Crippen molar-refractivity contribution < 1.29 is 42.1 Å². The number of hydrogen-bond donors (Lipinski definition) is 2. The van der Waals surface area contributed by atoms with Crippen LogP contribution in [0.15, 0.2) is 24.4 Å². The van der Waals surface area contributed by atoms with Crippen molar-refractivity contribution in [3.05, 3.63) is 30.0 Å². The molecule has 1 aliphatic rings. The minimum Gasteiger partial charge on any atom is -0.490 e. The molecule has 2 amide bonds. The molecule has 0 spiro atoms. The van der Waals surface area contributed by atoms with Crippen LogP contribution in [0.1, 0.15) is 37.0 Å². The van der Waals surface area contributed by atoms with Gasteiger partial charge in [0.25, 0.3) is 12.4 Å². The number of piperidine rings is 1. The second kappa shape index (κ2) is 10.8. The molecule has 3 rings (SSSR count). The van der Waals surface area contributed by atoms with Gasteiger partial charge in [0, 0.05) is 18.1 Å². The van der Waals surface area contributed by atoms with Gasteiger partial charge in [0.1, 0.15) is 17.6 Å². The van der Waals surface area contributed by atoms with E-state index < -0.39 is 24.1 Å². The number of halogens is 3. The summed E-state index contributed by atoms with van der Waals surface area (Å²) < 4.78 is 49.9. The highest BCUT2D eigenvalue weighted by molar-refractivity contribution is 6.01. The predicted octanol–water partition coefficient (Wildman–Crippen LogP) is 2.75.